The number of rotatable bonds is 5. The molecule has 6 heteroatoms. The van der Waals surface area contributed by atoms with Gasteiger partial charge in [-0.05, 0) is 18.0 Å². The van der Waals surface area contributed by atoms with Crippen molar-refractivity contribution in [3.8, 4) is 0 Å². The molecule has 1 N–H and O–H groups in total. The van der Waals surface area contributed by atoms with E-state index in [2.05, 4.69) is 26.8 Å². The van der Waals surface area contributed by atoms with Crippen LogP contribution in [0.5, 0.6) is 0 Å². The van der Waals surface area contributed by atoms with E-state index in [4.69, 9.17) is 0 Å². The Bertz CT molecular complexity index is 396. The SMILES string of the molecule is CCc1cnc(CNCc2csnn2)s1. The Balaban J connectivity index is 1.78. The largest absolute Gasteiger partial charge is 0.305 e. The van der Waals surface area contributed by atoms with E-state index < -0.39 is 0 Å². The lowest BCUT2D eigenvalue weighted by atomic mass is 10.4. The van der Waals surface area contributed by atoms with E-state index in [0.29, 0.717) is 0 Å². The normalized spacial score (nSPS) is 10.7. The third-order valence-electron chi connectivity index (χ3n) is 1.94. The van der Waals surface area contributed by atoms with Gasteiger partial charge in [0.2, 0.25) is 0 Å². The second-order valence-electron chi connectivity index (χ2n) is 3.07. The molecule has 0 aliphatic heterocycles. The summed E-state index contributed by atoms with van der Waals surface area (Å²) in [7, 11) is 0. The molecule has 0 bridgehead atoms. The molecule has 0 aliphatic carbocycles. The third-order valence-corrected chi connectivity index (χ3v) is 3.63. The van der Waals surface area contributed by atoms with Gasteiger partial charge in [0.1, 0.15) is 5.01 Å². The van der Waals surface area contributed by atoms with E-state index in [9.17, 15) is 0 Å². The fourth-order valence-corrected chi connectivity index (χ4v) is 2.44. The molecule has 2 aromatic rings. The van der Waals surface area contributed by atoms with Crippen LogP contribution in [0, 0.1) is 0 Å². The van der Waals surface area contributed by atoms with Gasteiger partial charge in [0.05, 0.1) is 5.69 Å². The van der Waals surface area contributed by atoms with Crippen LogP contribution in [0.2, 0.25) is 0 Å². The summed E-state index contributed by atoms with van der Waals surface area (Å²) < 4.78 is 3.80. The fourth-order valence-electron chi connectivity index (χ4n) is 1.15. The number of aromatic nitrogens is 3. The van der Waals surface area contributed by atoms with Gasteiger partial charge in [-0.1, -0.05) is 11.4 Å². The smallest absolute Gasteiger partial charge is 0.107 e. The number of nitrogens with zero attached hydrogens (tertiary/aromatic N) is 3. The van der Waals surface area contributed by atoms with Gasteiger partial charge in [0, 0.05) is 29.5 Å². The first kappa shape index (κ1) is 10.7. The highest BCUT2D eigenvalue weighted by Gasteiger charge is 2.00. The maximum atomic E-state index is 4.33. The number of nitrogens with one attached hydrogen (secondary N) is 1. The zero-order valence-electron chi connectivity index (χ0n) is 8.43. The molecule has 80 valence electrons. The molecule has 4 nitrogen and oxygen atoms in total. The second-order valence-corrected chi connectivity index (χ2v) is 4.88. The zero-order valence-corrected chi connectivity index (χ0v) is 10.1. The molecule has 2 heterocycles. The van der Waals surface area contributed by atoms with E-state index in [1.807, 2.05) is 11.6 Å². The van der Waals surface area contributed by atoms with Gasteiger partial charge in [-0.25, -0.2) is 4.98 Å². The van der Waals surface area contributed by atoms with Gasteiger partial charge in [-0.15, -0.1) is 16.4 Å². The lowest BCUT2D eigenvalue weighted by molar-refractivity contribution is 0.674. The summed E-state index contributed by atoms with van der Waals surface area (Å²) in [5, 5.41) is 10.3. The Hall–Kier alpha value is -0.850. The summed E-state index contributed by atoms with van der Waals surface area (Å²) in [5.74, 6) is 0. The van der Waals surface area contributed by atoms with Gasteiger partial charge in [-0.3, -0.25) is 0 Å². The quantitative estimate of drug-likeness (QED) is 0.866. The predicted octanol–water partition coefficient (Wildman–Crippen LogP) is 1.85. The fraction of sp³-hybridized carbons (Fsp3) is 0.444. The Morgan fingerprint density at radius 2 is 2.33 bits per heavy atom. The van der Waals surface area contributed by atoms with Gasteiger partial charge in [0.25, 0.3) is 0 Å². The molecule has 0 spiro atoms. The molecule has 0 radical (unpaired) electrons. The molecule has 0 saturated heterocycles. The number of aryl methyl sites for hydroxylation is 1. The van der Waals surface area contributed by atoms with Gasteiger partial charge in [-0.2, -0.15) is 0 Å². The molecule has 2 aromatic heterocycles. The van der Waals surface area contributed by atoms with Crippen LogP contribution in [0.25, 0.3) is 0 Å². The topological polar surface area (TPSA) is 50.7 Å². The molecular formula is C9H12N4S2. The first-order valence-corrected chi connectivity index (χ1v) is 6.44. The summed E-state index contributed by atoms with van der Waals surface area (Å²) >= 11 is 3.14. The van der Waals surface area contributed by atoms with Crippen molar-refractivity contribution in [1.29, 1.82) is 0 Å². The van der Waals surface area contributed by atoms with Crippen molar-refractivity contribution in [1.82, 2.24) is 19.9 Å². The maximum absolute atomic E-state index is 4.33. The molecule has 0 amide bonds. The summed E-state index contributed by atoms with van der Waals surface area (Å²) in [6.45, 7) is 3.71. The van der Waals surface area contributed by atoms with Crippen LogP contribution in [0.4, 0.5) is 0 Å². The summed E-state index contributed by atoms with van der Waals surface area (Å²) in [6, 6.07) is 0. The average molecular weight is 240 g/mol. The molecule has 0 aromatic carbocycles. The molecule has 0 fully saturated rings. The van der Waals surface area contributed by atoms with Gasteiger partial charge < -0.3 is 5.32 Å². The maximum Gasteiger partial charge on any atom is 0.107 e. The standard InChI is InChI=1S/C9H12N4S2/c1-2-8-4-11-9(15-8)5-10-3-7-6-14-13-12-7/h4,6,10H,2-3,5H2,1H3. The van der Waals surface area contributed by atoms with Crippen molar-refractivity contribution in [3.63, 3.8) is 0 Å². The monoisotopic (exact) mass is 240 g/mol. The summed E-state index contributed by atoms with van der Waals surface area (Å²) in [5.41, 5.74) is 0.993. The third kappa shape index (κ3) is 3.05. The molecule has 15 heavy (non-hydrogen) atoms. The molecular weight excluding hydrogens is 228 g/mol. The summed E-state index contributed by atoms with van der Waals surface area (Å²) in [6.07, 6.45) is 3.01. The van der Waals surface area contributed by atoms with Crippen LogP contribution in [0.3, 0.4) is 0 Å². The molecule has 2 rings (SSSR count). The van der Waals surface area contributed by atoms with E-state index in [1.165, 1.54) is 16.4 Å². The minimum atomic E-state index is 0.761. The Morgan fingerprint density at radius 1 is 1.40 bits per heavy atom. The highest BCUT2D eigenvalue weighted by molar-refractivity contribution is 7.11. The predicted molar refractivity (Wildman–Crippen MR) is 61.9 cm³/mol. The van der Waals surface area contributed by atoms with Crippen molar-refractivity contribution < 1.29 is 0 Å². The van der Waals surface area contributed by atoms with E-state index >= 15 is 0 Å². The Kier molecular flexibility index (Phi) is 3.76. The minimum Gasteiger partial charge on any atom is -0.305 e. The van der Waals surface area contributed by atoms with Crippen LogP contribution in [-0.4, -0.2) is 14.6 Å². The van der Waals surface area contributed by atoms with E-state index in [0.717, 1.165) is 30.2 Å². The van der Waals surface area contributed by atoms with Crippen molar-refractivity contribution in [2.75, 3.05) is 0 Å². The average Bonchev–Trinajstić information content (AvgIpc) is 2.88. The van der Waals surface area contributed by atoms with Crippen molar-refractivity contribution in [3.05, 3.63) is 27.2 Å². The second kappa shape index (κ2) is 5.29. The van der Waals surface area contributed by atoms with Crippen molar-refractivity contribution in [2.45, 2.75) is 26.4 Å². The summed E-state index contributed by atoms with van der Waals surface area (Å²) in [4.78, 5) is 5.66. The van der Waals surface area contributed by atoms with E-state index in [1.54, 1.807) is 11.3 Å². The highest BCUT2D eigenvalue weighted by atomic mass is 32.1. The Morgan fingerprint density at radius 3 is 3.00 bits per heavy atom. The first-order valence-electron chi connectivity index (χ1n) is 4.78. The number of hydrogen-bond acceptors (Lipinski definition) is 6. The van der Waals surface area contributed by atoms with E-state index in [-0.39, 0.29) is 0 Å². The number of hydrogen-bond donors (Lipinski definition) is 1. The molecule has 0 unspecified atom stereocenters. The molecule has 0 saturated carbocycles. The Labute approximate surface area is 96.5 Å². The van der Waals surface area contributed by atoms with Crippen LogP contribution in [0.15, 0.2) is 11.6 Å². The molecule has 0 atom stereocenters. The van der Waals surface area contributed by atoms with Gasteiger partial charge >= 0.3 is 0 Å². The van der Waals surface area contributed by atoms with Crippen LogP contribution < -0.4 is 5.32 Å². The van der Waals surface area contributed by atoms with Crippen LogP contribution in [0.1, 0.15) is 22.5 Å². The lowest BCUT2D eigenvalue weighted by Crippen LogP contribution is -2.12. The molecule has 0 aliphatic rings. The van der Waals surface area contributed by atoms with Gasteiger partial charge in [0.15, 0.2) is 0 Å². The van der Waals surface area contributed by atoms with Crippen molar-refractivity contribution >= 4 is 22.9 Å². The lowest BCUT2D eigenvalue weighted by Gasteiger charge is -1.97. The number of thiazole rings is 1. The zero-order chi connectivity index (χ0) is 10.5. The van der Waals surface area contributed by atoms with Crippen molar-refractivity contribution in [2.24, 2.45) is 0 Å². The van der Waals surface area contributed by atoms with Crippen LogP contribution >= 0.6 is 22.9 Å². The van der Waals surface area contributed by atoms with Crippen LogP contribution in [-0.2, 0) is 19.5 Å². The highest BCUT2D eigenvalue weighted by Crippen LogP contribution is 2.12. The minimum absolute atomic E-state index is 0.761. The first-order chi connectivity index (χ1) is 7.38.